The molecule has 2 aromatic heterocycles. The highest BCUT2D eigenvalue weighted by atomic mass is 32.1. The van der Waals surface area contributed by atoms with E-state index in [0.717, 1.165) is 11.3 Å². The molecule has 0 spiro atoms. The van der Waals surface area contributed by atoms with Crippen LogP contribution in [0.4, 0.5) is 0 Å². The van der Waals surface area contributed by atoms with Crippen molar-refractivity contribution < 1.29 is 4.42 Å². The first-order chi connectivity index (χ1) is 13.6. The Balaban J connectivity index is 1.48. The van der Waals surface area contributed by atoms with Crippen LogP contribution >= 0.6 is 12.2 Å². The zero-order valence-corrected chi connectivity index (χ0v) is 16.5. The molecule has 28 heavy (non-hydrogen) atoms. The molecule has 4 aromatic rings. The average molecular weight is 392 g/mol. The molecular weight excluding hydrogens is 372 g/mol. The fourth-order valence-electron chi connectivity index (χ4n) is 2.93. The summed E-state index contributed by atoms with van der Waals surface area (Å²) in [4.78, 5) is 6.50. The molecule has 0 bridgehead atoms. The van der Waals surface area contributed by atoms with Gasteiger partial charge in [0.05, 0.1) is 12.4 Å². The maximum Gasteiger partial charge on any atom is 0.288 e. The highest BCUT2D eigenvalue weighted by Gasteiger charge is 2.15. The first kappa shape index (κ1) is 18.3. The Morgan fingerprint density at radius 3 is 2.54 bits per heavy atom. The van der Waals surface area contributed by atoms with E-state index in [1.54, 1.807) is 15.7 Å². The van der Waals surface area contributed by atoms with Gasteiger partial charge >= 0.3 is 0 Å². The van der Waals surface area contributed by atoms with Gasteiger partial charge in [-0.2, -0.15) is 5.10 Å². The van der Waals surface area contributed by atoms with E-state index in [0.29, 0.717) is 17.4 Å². The lowest BCUT2D eigenvalue weighted by molar-refractivity contribution is 0.192. The van der Waals surface area contributed by atoms with Crippen molar-refractivity contribution in [3.05, 3.63) is 77.7 Å². The van der Waals surface area contributed by atoms with Crippen LogP contribution in [0.1, 0.15) is 18.5 Å². The molecule has 0 radical (unpaired) electrons. The Labute approximate surface area is 167 Å². The Kier molecular flexibility index (Phi) is 5.14. The van der Waals surface area contributed by atoms with Gasteiger partial charge in [-0.25, -0.2) is 14.3 Å². The maximum absolute atomic E-state index is 5.67. The molecule has 0 N–H and O–H groups in total. The number of hydrogen-bond acceptors (Lipinski definition) is 6. The number of nitrogens with zero attached hydrogens (tertiary/aromatic N) is 6. The van der Waals surface area contributed by atoms with Gasteiger partial charge in [0.1, 0.15) is 12.7 Å². The summed E-state index contributed by atoms with van der Waals surface area (Å²) in [5.74, 6) is 0.531. The fraction of sp³-hybridized carbons (Fsp3) is 0.200. The molecule has 2 heterocycles. The van der Waals surface area contributed by atoms with Gasteiger partial charge < -0.3 is 4.42 Å². The van der Waals surface area contributed by atoms with E-state index in [9.17, 15) is 0 Å². The molecule has 0 saturated carbocycles. The third kappa shape index (κ3) is 3.78. The second-order valence-electron chi connectivity index (χ2n) is 6.54. The standard InChI is InChI=1S/C20H20N6OS/c1-15(16-8-10-18(11-9-16)25-13-21-12-22-25)24(2)14-26-20(28)27-19(23-26)17-6-4-3-5-7-17/h3-13,15H,14H2,1-2H3/t15-/m0/s1. The van der Waals surface area contributed by atoms with Crippen LogP contribution in [0.2, 0.25) is 0 Å². The lowest BCUT2D eigenvalue weighted by Crippen LogP contribution is -2.26. The number of aromatic nitrogens is 5. The first-order valence-electron chi connectivity index (χ1n) is 8.90. The molecule has 0 amide bonds. The van der Waals surface area contributed by atoms with Crippen molar-refractivity contribution >= 4 is 12.2 Å². The van der Waals surface area contributed by atoms with Gasteiger partial charge in [-0.1, -0.05) is 30.3 Å². The van der Waals surface area contributed by atoms with Gasteiger partial charge in [-0.15, -0.1) is 5.10 Å². The first-order valence-corrected chi connectivity index (χ1v) is 9.31. The minimum absolute atomic E-state index is 0.170. The second-order valence-corrected chi connectivity index (χ2v) is 6.89. The summed E-state index contributed by atoms with van der Waals surface area (Å²) in [5, 5.41) is 8.68. The van der Waals surface area contributed by atoms with Crippen molar-refractivity contribution in [1.29, 1.82) is 0 Å². The normalized spacial score (nSPS) is 12.4. The highest BCUT2D eigenvalue weighted by Crippen LogP contribution is 2.22. The molecule has 4 rings (SSSR count). The smallest absolute Gasteiger partial charge is 0.288 e. The molecule has 1 atom stereocenters. The summed E-state index contributed by atoms with van der Waals surface area (Å²) in [6, 6.07) is 18.2. The summed E-state index contributed by atoms with van der Waals surface area (Å²) < 4.78 is 9.11. The summed E-state index contributed by atoms with van der Waals surface area (Å²) in [6.07, 6.45) is 3.21. The van der Waals surface area contributed by atoms with Crippen LogP contribution in [0.3, 0.4) is 0 Å². The highest BCUT2D eigenvalue weighted by molar-refractivity contribution is 7.71. The lowest BCUT2D eigenvalue weighted by atomic mass is 10.1. The van der Waals surface area contributed by atoms with Crippen LogP contribution in [-0.2, 0) is 6.67 Å². The number of benzene rings is 2. The van der Waals surface area contributed by atoms with Gasteiger partial charge in [0.15, 0.2) is 0 Å². The Morgan fingerprint density at radius 2 is 1.86 bits per heavy atom. The van der Waals surface area contributed by atoms with Crippen molar-refractivity contribution in [2.24, 2.45) is 0 Å². The van der Waals surface area contributed by atoms with Crippen LogP contribution in [0.25, 0.3) is 17.1 Å². The average Bonchev–Trinajstić information content (AvgIpc) is 3.39. The third-order valence-electron chi connectivity index (χ3n) is 4.70. The fourth-order valence-corrected chi connectivity index (χ4v) is 3.11. The van der Waals surface area contributed by atoms with E-state index < -0.39 is 0 Å². The van der Waals surface area contributed by atoms with E-state index in [1.807, 2.05) is 49.5 Å². The Morgan fingerprint density at radius 1 is 1.11 bits per heavy atom. The van der Waals surface area contributed by atoms with Crippen LogP contribution in [0, 0.1) is 4.84 Å². The molecule has 0 aliphatic heterocycles. The summed E-state index contributed by atoms with van der Waals surface area (Å²) in [5.41, 5.74) is 3.07. The van der Waals surface area contributed by atoms with Gasteiger partial charge in [0.2, 0.25) is 5.89 Å². The summed E-state index contributed by atoms with van der Waals surface area (Å²) >= 11 is 5.35. The molecule has 0 unspecified atom stereocenters. The van der Waals surface area contributed by atoms with E-state index >= 15 is 0 Å². The molecule has 0 saturated heterocycles. The van der Waals surface area contributed by atoms with E-state index in [4.69, 9.17) is 16.6 Å². The van der Waals surface area contributed by atoms with Crippen molar-refractivity contribution in [3.63, 3.8) is 0 Å². The molecule has 8 heteroatoms. The minimum atomic E-state index is 0.170. The maximum atomic E-state index is 5.67. The lowest BCUT2D eigenvalue weighted by Gasteiger charge is -2.24. The van der Waals surface area contributed by atoms with Crippen LogP contribution in [0.15, 0.2) is 71.7 Å². The van der Waals surface area contributed by atoms with Crippen LogP contribution < -0.4 is 0 Å². The van der Waals surface area contributed by atoms with Gasteiger partial charge in [-0.3, -0.25) is 4.90 Å². The topological polar surface area (TPSA) is 64.9 Å². The van der Waals surface area contributed by atoms with Crippen molar-refractivity contribution in [2.45, 2.75) is 19.6 Å². The molecule has 0 aliphatic rings. The Hall–Kier alpha value is -3.10. The zero-order valence-electron chi connectivity index (χ0n) is 15.6. The minimum Gasteiger partial charge on any atom is -0.409 e. The van der Waals surface area contributed by atoms with Crippen LogP contribution in [-0.4, -0.2) is 36.5 Å². The van der Waals surface area contributed by atoms with Crippen molar-refractivity contribution in [3.8, 4) is 17.1 Å². The number of hydrogen-bond donors (Lipinski definition) is 0. The number of rotatable bonds is 6. The summed E-state index contributed by atoms with van der Waals surface area (Å²) in [7, 11) is 2.04. The second kappa shape index (κ2) is 7.87. The molecular formula is C20H20N6OS. The molecule has 0 aliphatic carbocycles. The molecule has 7 nitrogen and oxygen atoms in total. The van der Waals surface area contributed by atoms with Crippen LogP contribution in [0.5, 0.6) is 0 Å². The quantitative estimate of drug-likeness (QED) is 0.460. The van der Waals surface area contributed by atoms with E-state index in [1.165, 1.54) is 11.9 Å². The predicted molar refractivity (Wildman–Crippen MR) is 108 cm³/mol. The van der Waals surface area contributed by atoms with Crippen molar-refractivity contribution in [2.75, 3.05) is 7.05 Å². The van der Waals surface area contributed by atoms with E-state index in [-0.39, 0.29) is 6.04 Å². The molecule has 2 aromatic carbocycles. The largest absolute Gasteiger partial charge is 0.409 e. The monoisotopic (exact) mass is 392 g/mol. The zero-order chi connectivity index (χ0) is 19.5. The van der Waals surface area contributed by atoms with E-state index in [2.05, 4.69) is 39.1 Å². The molecule has 0 fully saturated rings. The predicted octanol–water partition coefficient (Wildman–Crippen LogP) is 4.10. The third-order valence-corrected chi connectivity index (χ3v) is 5.00. The molecule has 142 valence electrons. The Bertz CT molecular complexity index is 1090. The van der Waals surface area contributed by atoms with Crippen molar-refractivity contribution in [1.82, 2.24) is 29.4 Å². The summed E-state index contributed by atoms with van der Waals surface area (Å²) in [6.45, 7) is 2.67. The van der Waals surface area contributed by atoms with Gasteiger partial charge in [0, 0.05) is 11.6 Å². The van der Waals surface area contributed by atoms with Gasteiger partial charge in [-0.05, 0) is 56.0 Å². The SMILES string of the molecule is C[C@@H](c1ccc(-n2cncn2)cc1)N(C)Cn1nc(-c2ccccc2)oc1=S. The van der Waals surface area contributed by atoms with Gasteiger partial charge in [0.25, 0.3) is 4.84 Å².